The molecule has 0 saturated carbocycles. The second-order valence-electron chi connectivity index (χ2n) is 3.39. The van der Waals surface area contributed by atoms with Gasteiger partial charge in [-0.1, -0.05) is 0 Å². The van der Waals surface area contributed by atoms with E-state index in [-0.39, 0.29) is 24.2 Å². The van der Waals surface area contributed by atoms with Crippen molar-refractivity contribution in [1.29, 1.82) is 0 Å². The molecule has 2 rings (SSSR count). The van der Waals surface area contributed by atoms with Gasteiger partial charge in [-0.25, -0.2) is 4.79 Å². The van der Waals surface area contributed by atoms with Crippen LogP contribution in [0.1, 0.15) is 6.92 Å². The lowest BCUT2D eigenvalue weighted by Crippen LogP contribution is -2.74. The lowest BCUT2D eigenvalue weighted by molar-refractivity contribution is -0.124. The fourth-order valence-electron chi connectivity index (χ4n) is 1.62. The Kier molecular flexibility index (Phi) is 1.93. The smallest absolute Gasteiger partial charge is 0.320 e. The highest BCUT2D eigenvalue weighted by atomic mass is 16.2. The van der Waals surface area contributed by atoms with Gasteiger partial charge in [-0.05, 0) is 6.92 Å². The van der Waals surface area contributed by atoms with Gasteiger partial charge >= 0.3 is 6.03 Å². The molecule has 3 atom stereocenters. The second kappa shape index (κ2) is 2.97. The topological polar surface area (TPSA) is 82.3 Å². The number of amides is 3. The molecule has 2 saturated heterocycles. The molecule has 0 aliphatic carbocycles. The van der Waals surface area contributed by atoms with Gasteiger partial charge in [0.15, 0.2) is 0 Å². The number of imide groups is 1. The lowest BCUT2D eigenvalue weighted by atomic mass is 10.1. The molecule has 0 bridgehead atoms. The van der Waals surface area contributed by atoms with Crippen molar-refractivity contribution in [1.82, 2.24) is 21.3 Å². The summed E-state index contributed by atoms with van der Waals surface area (Å²) >= 11 is 0. The van der Waals surface area contributed by atoms with Gasteiger partial charge in [0, 0.05) is 12.6 Å². The Hall–Kier alpha value is -1.14. The van der Waals surface area contributed by atoms with Crippen LogP contribution in [0.5, 0.6) is 0 Å². The van der Waals surface area contributed by atoms with E-state index < -0.39 is 6.03 Å². The zero-order chi connectivity index (χ0) is 9.42. The lowest BCUT2D eigenvalue weighted by Gasteiger charge is -2.39. The average molecular weight is 184 g/mol. The first-order valence-electron chi connectivity index (χ1n) is 4.27. The first kappa shape index (κ1) is 8.46. The summed E-state index contributed by atoms with van der Waals surface area (Å²) in [5.41, 5.74) is 0. The van der Waals surface area contributed by atoms with Crippen LogP contribution in [0.3, 0.4) is 0 Å². The quantitative estimate of drug-likeness (QED) is 0.354. The van der Waals surface area contributed by atoms with Gasteiger partial charge in [-0.15, -0.1) is 0 Å². The van der Waals surface area contributed by atoms with Crippen LogP contribution in [0.25, 0.3) is 0 Å². The SMILES string of the molecule is CC1CNC2C(=O)NC(=O)NC2N1. The van der Waals surface area contributed by atoms with Crippen molar-refractivity contribution >= 4 is 11.9 Å². The molecule has 0 radical (unpaired) electrons. The molecule has 2 aliphatic rings. The number of urea groups is 1. The van der Waals surface area contributed by atoms with E-state index in [2.05, 4.69) is 21.3 Å². The van der Waals surface area contributed by atoms with E-state index in [1.165, 1.54) is 0 Å². The van der Waals surface area contributed by atoms with Crippen molar-refractivity contribution in [2.45, 2.75) is 25.2 Å². The molecule has 3 amide bonds. The van der Waals surface area contributed by atoms with Crippen molar-refractivity contribution in [3.05, 3.63) is 0 Å². The minimum Gasteiger partial charge on any atom is -0.320 e. The minimum atomic E-state index is -0.436. The largest absolute Gasteiger partial charge is 0.322 e. The number of hydrogen-bond donors (Lipinski definition) is 4. The van der Waals surface area contributed by atoms with E-state index >= 15 is 0 Å². The predicted octanol–water partition coefficient (Wildman–Crippen LogP) is -1.90. The summed E-state index contributed by atoms with van der Waals surface area (Å²) in [6, 6.07) is -0.531. The predicted molar refractivity (Wildman–Crippen MR) is 44.9 cm³/mol. The van der Waals surface area contributed by atoms with Crippen LogP contribution < -0.4 is 21.3 Å². The fraction of sp³-hybridized carbons (Fsp3) is 0.714. The van der Waals surface area contributed by atoms with Gasteiger partial charge in [0.25, 0.3) is 0 Å². The van der Waals surface area contributed by atoms with Crippen LogP contribution >= 0.6 is 0 Å². The third-order valence-electron chi connectivity index (χ3n) is 2.25. The van der Waals surface area contributed by atoms with Gasteiger partial charge < -0.3 is 10.6 Å². The fourth-order valence-corrected chi connectivity index (χ4v) is 1.62. The third kappa shape index (κ3) is 1.50. The molecular weight excluding hydrogens is 172 g/mol. The molecular formula is C7H12N4O2. The minimum absolute atomic E-state index is 0.257. The van der Waals surface area contributed by atoms with Gasteiger partial charge in [0.05, 0.1) is 0 Å². The number of fused-ring (bicyclic) bond motifs is 1. The molecule has 2 heterocycles. The molecule has 13 heavy (non-hydrogen) atoms. The van der Waals surface area contributed by atoms with Gasteiger partial charge in [-0.2, -0.15) is 0 Å². The van der Waals surface area contributed by atoms with Crippen LogP contribution in [0.2, 0.25) is 0 Å². The highest BCUT2D eigenvalue weighted by Crippen LogP contribution is 2.03. The van der Waals surface area contributed by atoms with Crippen molar-refractivity contribution < 1.29 is 9.59 Å². The van der Waals surface area contributed by atoms with Crippen LogP contribution in [0.4, 0.5) is 4.79 Å². The standard InChI is InChI=1S/C7H12N4O2/c1-3-2-8-4-5(9-3)10-7(13)11-6(4)12/h3-5,8-9H,2H2,1H3,(H2,10,11,12,13). The van der Waals surface area contributed by atoms with Crippen LogP contribution in [-0.4, -0.2) is 36.7 Å². The van der Waals surface area contributed by atoms with Crippen LogP contribution in [0, 0.1) is 0 Å². The summed E-state index contributed by atoms with van der Waals surface area (Å²) in [6.45, 7) is 2.71. The number of carbonyl (C=O) groups is 2. The second-order valence-corrected chi connectivity index (χ2v) is 3.39. The molecule has 4 N–H and O–H groups in total. The molecule has 6 nitrogen and oxygen atoms in total. The number of hydrogen-bond acceptors (Lipinski definition) is 4. The maximum Gasteiger partial charge on any atom is 0.322 e. The Bertz CT molecular complexity index is 255. The summed E-state index contributed by atoms with van der Waals surface area (Å²) in [7, 11) is 0. The van der Waals surface area contributed by atoms with E-state index in [0.717, 1.165) is 6.54 Å². The van der Waals surface area contributed by atoms with Crippen molar-refractivity contribution in [3.63, 3.8) is 0 Å². The van der Waals surface area contributed by atoms with Gasteiger partial charge in [0.1, 0.15) is 12.2 Å². The van der Waals surface area contributed by atoms with Crippen molar-refractivity contribution in [2.75, 3.05) is 6.54 Å². The molecule has 0 spiro atoms. The third-order valence-corrected chi connectivity index (χ3v) is 2.25. The normalized spacial score (nSPS) is 39.0. The van der Waals surface area contributed by atoms with E-state index in [4.69, 9.17) is 0 Å². The molecule has 2 aliphatic heterocycles. The number of nitrogens with one attached hydrogen (secondary N) is 4. The van der Waals surface area contributed by atoms with E-state index in [1.54, 1.807) is 0 Å². The highest BCUT2D eigenvalue weighted by molar-refractivity contribution is 6.00. The van der Waals surface area contributed by atoms with Gasteiger partial charge in [0.2, 0.25) is 5.91 Å². The molecule has 0 aromatic heterocycles. The van der Waals surface area contributed by atoms with Crippen molar-refractivity contribution in [3.8, 4) is 0 Å². The summed E-state index contributed by atoms with van der Waals surface area (Å²) < 4.78 is 0. The Balaban J connectivity index is 2.10. The molecule has 2 fully saturated rings. The summed E-state index contributed by atoms with van der Waals surface area (Å²) in [5, 5.41) is 11.0. The first-order chi connectivity index (χ1) is 6.16. The summed E-state index contributed by atoms with van der Waals surface area (Å²) in [4.78, 5) is 22.2. The van der Waals surface area contributed by atoms with Crippen LogP contribution in [-0.2, 0) is 4.79 Å². The van der Waals surface area contributed by atoms with Gasteiger partial charge in [-0.3, -0.25) is 15.4 Å². The Morgan fingerprint density at radius 1 is 1.38 bits per heavy atom. The Morgan fingerprint density at radius 2 is 2.15 bits per heavy atom. The maximum absolute atomic E-state index is 11.3. The molecule has 0 aromatic carbocycles. The number of rotatable bonds is 0. The number of carbonyl (C=O) groups excluding carboxylic acids is 2. The monoisotopic (exact) mass is 184 g/mol. The Labute approximate surface area is 75.4 Å². The van der Waals surface area contributed by atoms with E-state index in [1.807, 2.05) is 6.92 Å². The zero-order valence-corrected chi connectivity index (χ0v) is 7.26. The molecule has 3 unspecified atom stereocenters. The molecule has 6 heteroatoms. The van der Waals surface area contributed by atoms with E-state index in [9.17, 15) is 9.59 Å². The van der Waals surface area contributed by atoms with E-state index in [0.29, 0.717) is 0 Å². The number of piperazine rings is 1. The summed E-state index contributed by atoms with van der Waals surface area (Å²) in [5.74, 6) is -0.270. The summed E-state index contributed by atoms with van der Waals surface area (Å²) in [6.07, 6.45) is -0.287. The Morgan fingerprint density at radius 3 is 2.92 bits per heavy atom. The highest BCUT2D eigenvalue weighted by Gasteiger charge is 2.38. The van der Waals surface area contributed by atoms with Crippen LogP contribution in [0.15, 0.2) is 0 Å². The van der Waals surface area contributed by atoms with Crippen molar-refractivity contribution in [2.24, 2.45) is 0 Å². The zero-order valence-electron chi connectivity index (χ0n) is 7.26. The first-order valence-corrected chi connectivity index (χ1v) is 4.27. The molecule has 72 valence electrons. The average Bonchev–Trinajstić information content (AvgIpc) is 2.02. The maximum atomic E-state index is 11.3. The molecule has 0 aromatic rings.